The number of carbonyl (C=O) groups is 2. The summed E-state index contributed by atoms with van der Waals surface area (Å²) in [6.07, 6.45) is 0.648. The molecule has 6 nitrogen and oxygen atoms in total. The molecule has 130 valence electrons. The molecule has 25 heavy (non-hydrogen) atoms. The van der Waals surface area contributed by atoms with Crippen LogP contribution < -0.4 is 10.9 Å². The van der Waals surface area contributed by atoms with Gasteiger partial charge in [0.1, 0.15) is 11.1 Å². The number of nitrogens with zero attached hydrogens (tertiary/aromatic N) is 1. The van der Waals surface area contributed by atoms with Crippen LogP contribution in [0.4, 0.5) is 4.79 Å². The van der Waals surface area contributed by atoms with Crippen molar-refractivity contribution in [3.05, 3.63) is 45.3 Å². The lowest BCUT2D eigenvalue weighted by atomic mass is 9.99. The quantitative estimate of drug-likeness (QED) is 0.658. The zero-order valence-corrected chi connectivity index (χ0v) is 14.9. The van der Waals surface area contributed by atoms with E-state index in [1.807, 2.05) is 26.0 Å². The molecule has 2 aliphatic rings. The van der Waals surface area contributed by atoms with Crippen molar-refractivity contribution in [3.63, 3.8) is 0 Å². The molecule has 1 unspecified atom stereocenters. The third-order valence-corrected chi connectivity index (χ3v) is 6.23. The summed E-state index contributed by atoms with van der Waals surface area (Å²) in [6.45, 7) is 3.99. The number of imide groups is 1. The first-order chi connectivity index (χ1) is 11.9. The van der Waals surface area contributed by atoms with Gasteiger partial charge in [0.25, 0.3) is 5.91 Å². The van der Waals surface area contributed by atoms with Crippen molar-refractivity contribution in [1.29, 1.82) is 0 Å². The number of thioether (sulfide) groups is 1. The molecular formula is C18H18N2O4S. The van der Waals surface area contributed by atoms with Crippen LogP contribution in [-0.4, -0.2) is 33.9 Å². The van der Waals surface area contributed by atoms with E-state index in [2.05, 4.69) is 5.32 Å². The van der Waals surface area contributed by atoms with E-state index in [-0.39, 0.29) is 12.5 Å². The first kappa shape index (κ1) is 16.2. The fraction of sp³-hybridized carbons (Fsp3) is 0.389. The Balaban J connectivity index is 1.76. The first-order valence-electron chi connectivity index (χ1n) is 8.15. The Kier molecular flexibility index (Phi) is 3.64. The molecule has 0 aliphatic carbocycles. The molecule has 1 aromatic carbocycles. The highest BCUT2D eigenvalue weighted by Crippen LogP contribution is 2.34. The minimum Gasteiger partial charge on any atom is -0.423 e. The van der Waals surface area contributed by atoms with Crippen LogP contribution in [0.5, 0.6) is 0 Å². The van der Waals surface area contributed by atoms with Gasteiger partial charge in [0.2, 0.25) is 0 Å². The highest BCUT2D eigenvalue weighted by molar-refractivity contribution is 7.99. The predicted octanol–water partition coefficient (Wildman–Crippen LogP) is 2.34. The second kappa shape index (κ2) is 5.62. The lowest BCUT2D eigenvalue weighted by molar-refractivity contribution is -0.130. The molecule has 2 saturated heterocycles. The Morgan fingerprint density at radius 2 is 1.96 bits per heavy atom. The van der Waals surface area contributed by atoms with Crippen LogP contribution in [0.15, 0.2) is 27.4 Å². The molecule has 1 spiro atoms. The van der Waals surface area contributed by atoms with E-state index in [9.17, 15) is 14.4 Å². The summed E-state index contributed by atoms with van der Waals surface area (Å²) >= 11 is 1.67. The number of amides is 3. The zero-order valence-electron chi connectivity index (χ0n) is 14.0. The molecular weight excluding hydrogens is 340 g/mol. The van der Waals surface area contributed by atoms with Crippen molar-refractivity contribution >= 4 is 34.7 Å². The average Bonchev–Trinajstić information content (AvgIpc) is 3.10. The summed E-state index contributed by atoms with van der Waals surface area (Å²) in [5.74, 6) is 1.26. The van der Waals surface area contributed by atoms with Gasteiger partial charge in [-0.2, -0.15) is 11.8 Å². The Morgan fingerprint density at radius 3 is 2.68 bits per heavy atom. The number of aryl methyl sites for hydroxylation is 2. The maximum absolute atomic E-state index is 12.8. The standard InChI is InChI=1S/C18H18N2O4S/c1-10-5-13-12(7-15(21)24-14(13)6-11(10)2)8-20-16(22)18(19-17(20)23)3-4-25-9-18/h5-7H,3-4,8-9H2,1-2H3,(H,19,23). The molecule has 0 radical (unpaired) electrons. The van der Waals surface area contributed by atoms with E-state index in [1.54, 1.807) is 11.8 Å². The maximum Gasteiger partial charge on any atom is 0.336 e. The number of carbonyl (C=O) groups excluding carboxylic acids is 2. The number of benzene rings is 1. The van der Waals surface area contributed by atoms with Crippen molar-refractivity contribution < 1.29 is 14.0 Å². The van der Waals surface area contributed by atoms with Gasteiger partial charge in [-0.05, 0) is 54.8 Å². The number of nitrogens with one attached hydrogen (secondary N) is 1. The molecule has 3 amide bonds. The van der Waals surface area contributed by atoms with Crippen LogP contribution in [0, 0.1) is 13.8 Å². The molecule has 3 heterocycles. The molecule has 0 saturated carbocycles. The van der Waals surface area contributed by atoms with Gasteiger partial charge in [-0.25, -0.2) is 9.59 Å². The predicted molar refractivity (Wildman–Crippen MR) is 95.7 cm³/mol. The second-order valence-corrected chi connectivity index (χ2v) is 7.83. The zero-order chi connectivity index (χ0) is 17.8. The normalized spacial score (nSPS) is 23.0. The van der Waals surface area contributed by atoms with Crippen molar-refractivity contribution in [1.82, 2.24) is 10.2 Å². The molecule has 7 heteroatoms. The number of hydrogen-bond donors (Lipinski definition) is 1. The lowest BCUT2D eigenvalue weighted by Gasteiger charge is -2.19. The van der Waals surface area contributed by atoms with E-state index in [0.29, 0.717) is 23.3 Å². The van der Waals surface area contributed by atoms with Crippen molar-refractivity contribution in [2.75, 3.05) is 11.5 Å². The van der Waals surface area contributed by atoms with Crippen LogP contribution >= 0.6 is 11.8 Å². The van der Waals surface area contributed by atoms with Crippen LogP contribution in [0.25, 0.3) is 11.0 Å². The fourth-order valence-electron chi connectivity index (χ4n) is 3.44. The average molecular weight is 358 g/mol. The number of urea groups is 1. The second-order valence-electron chi connectivity index (χ2n) is 6.73. The number of hydrogen-bond acceptors (Lipinski definition) is 5. The summed E-state index contributed by atoms with van der Waals surface area (Å²) in [7, 11) is 0. The third kappa shape index (κ3) is 2.54. The summed E-state index contributed by atoms with van der Waals surface area (Å²) in [5.41, 5.74) is 1.92. The Bertz CT molecular complexity index is 959. The third-order valence-electron chi connectivity index (χ3n) is 5.04. The van der Waals surface area contributed by atoms with Crippen LogP contribution in [0.1, 0.15) is 23.1 Å². The molecule has 1 aromatic heterocycles. The molecule has 4 rings (SSSR count). The van der Waals surface area contributed by atoms with Gasteiger partial charge in [-0.3, -0.25) is 9.69 Å². The molecule has 0 bridgehead atoms. The highest BCUT2D eigenvalue weighted by atomic mass is 32.2. The van der Waals surface area contributed by atoms with Crippen LogP contribution in [0.2, 0.25) is 0 Å². The summed E-state index contributed by atoms with van der Waals surface area (Å²) in [5, 5.41) is 3.60. The molecule has 2 aliphatic heterocycles. The Hall–Kier alpha value is -2.28. The minimum atomic E-state index is -0.774. The first-order valence-corrected chi connectivity index (χ1v) is 9.31. The summed E-state index contributed by atoms with van der Waals surface area (Å²) in [6, 6.07) is 4.73. The fourth-order valence-corrected chi connectivity index (χ4v) is 4.76. The topological polar surface area (TPSA) is 79.6 Å². The van der Waals surface area contributed by atoms with Gasteiger partial charge in [-0.1, -0.05) is 0 Å². The Morgan fingerprint density at radius 1 is 1.20 bits per heavy atom. The van der Waals surface area contributed by atoms with Gasteiger partial charge in [0, 0.05) is 17.2 Å². The van der Waals surface area contributed by atoms with Crippen LogP contribution in [-0.2, 0) is 11.3 Å². The molecule has 1 atom stereocenters. The van der Waals surface area contributed by atoms with Gasteiger partial charge in [0.05, 0.1) is 6.54 Å². The van der Waals surface area contributed by atoms with Gasteiger partial charge < -0.3 is 9.73 Å². The van der Waals surface area contributed by atoms with Crippen molar-refractivity contribution in [2.24, 2.45) is 0 Å². The lowest BCUT2D eigenvalue weighted by Crippen LogP contribution is -2.46. The van der Waals surface area contributed by atoms with Crippen molar-refractivity contribution in [3.8, 4) is 0 Å². The number of fused-ring (bicyclic) bond motifs is 1. The number of rotatable bonds is 2. The molecule has 2 aromatic rings. The minimum absolute atomic E-state index is 0.0711. The van der Waals surface area contributed by atoms with Gasteiger partial charge in [0.15, 0.2) is 0 Å². The smallest absolute Gasteiger partial charge is 0.336 e. The SMILES string of the molecule is Cc1cc2oc(=O)cc(CN3C(=O)NC4(CCSC4)C3=O)c2cc1C. The van der Waals surface area contributed by atoms with E-state index in [0.717, 1.165) is 22.3 Å². The van der Waals surface area contributed by atoms with E-state index in [1.165, 1.54) is 11.0 Å². The maximum atomic E-state index is 12.8. The largest absolute Gasteiger partial charge is 0.423 e. The Labute approximate surface area is 148 Å². The van der Waals surface area contributed by atoms with Gasteiger partial charge in [-0.15, -0.1) is 0 Å². The molecule has 2 fully saturated rings. The van der Waals surface area contributed by atoms with Gasteiger partial charge >= 0.3 is 11.7 Å². The summed E-state index contributed by atoms with van der Waals surface area (Å²) in [4.78, 5) is 38.3. The van der Waals surface area contributed by atoms with E-state index >= 15 is 0 Å². The van der Waals surface area contributed by atoms with Crippen molar-refractivity contribution in [2.45, 2.75) is 32.4 Å². The van der Waals surface area contributed by atoms with Crippen LogP contribution in [0.3, 0.4) is 0 Å². The molecule has 1 N–H and O–H groups in total. The summed E-state index contributed by atoms with van der Waals surface area (Å²) < 4.78 is 5.29. The van der Waals surface area contributed by atoms with E-state index in [4.69, 9.17) is 4.42 Å². The highest BCUT2D eigenvalue weighted by Gasteiger charge is 2.52. The van der Waals surface area contributed by atoms with E-state index < -0.39 is 17.2 Å². The monoisotopic (exact) mass is 358 g/mol.